The molecule has 0 unspecified atom stereocenters. The molecule has 32 heavy (non-hydrogen) atoms. The molecular weight excluding hydrogens is 450 g/mol. The van der Waals surface area contributed by atoms with E-state index in [1.54, 1.807) is 26.4 Å². The van der Waals surface area contributed by atoms with E-state index >= 15 is 0 Å². The lowest BCUT2D eigenvalue weighted by Gasteiger charge is -2.20. The lowest BCUT2D eigenvalue weighted by Crippen LogP contribution is -2.31. The molecule has 2 aromatic carbocycles. The van der Waals surface area contributed by atoms with Gasteiger partial charge in [0.2, 0.25) is 10.0 Å². The number of methoxy groups -OCH3 is 2. The maximum Gasteiger partial charge on any atom is 0.257 e. The SMILES string of the molecule is CCCCN(CC)S(=O)(=O)c1ccc(C(=O)Nc2nc3cc(OC)c(OC)cc3s2)cc1. The second-order valence-electron chi connectivity index (χ2n) is 7.02. The number of sulfonamides is 1. The Morgan fingerprint density at radius 2 is 1.75 bits per heavy atom. The third-order valence-corrected chi connectivity index (χ3v) is 7.90. The van der Waals surface area contributed by atoms with Crippen molar-refractivity contribution in [1.82, 2.24) is 9.29 Å². The van der Waals surface area contributed by atoms with Gasteiger partial charge < -0.3 is 9.47 Å². The molecule has 1 heterocycles. The Labute approximate surface area is 192 Å². The van der Waals surface area contributed by atoms with Crippen molar-refractivity contribution in [3.63, 3.8) is 0 Å². The minimum atomic E-state index is -3.59. The zero-order chi connectivity index (χ0) is 23.3. The highest BCUT2D eigenvalue weighted by atomic mass is 32.2. The van der Waals surface area contributed by atoms with Crippen LogP contribution in [0.3, 0.4) is 0 Å². The fourth-order valence-electron chi connectivity index (χ4n) is 3.19. The van der Waals surface area contributed by atoms with Gasteiger partial charge in [0.05, 0.1) is 29.3 Å². The van der Waals surface area contributed by atoms with Crippen LogP contribution < -0.4 is 14.8 Å². The Hall–Kier alpha value is -2.69. The molecule has 0 aliphatic heterocycles. The number of benzene rings is 2. The van der Waals surface area contributed by atoms with Gasteiger partial charge in [0.1, 0.15) is 0 Å². The second kappa shape index (κ2) is 10.3. The number of carbonyl (C=O) groups excluding carboxylic acids is 1. The summed E-state index contributed by atoms with van der Waals surface area (Å²) in [5.41, 5.74) is 1.02. The van der Waals surface area contributed by atoms with Crippen molar-refractivity contribution < 1.29 is 22.7 Å². The average molecular weight is 478 g/mol. The lowest BCUT2D eigenvalue weighted by atomic mass is 10.2. The first-order valence-electron chi connectivity index (χ1n) is 10.3. The quantitative estimate of drug-likeness (QED) is 0.465. The molecule has 3 aromatic rings. The van der Waals surface area contributed by atoms with Crippen molar-refractivity contribution in [2.45, 2.75) is 31.6 Å². The van der Waals surface area contributed by atoms with E-state index in [0.717, 1.165) is 17.5 Å². The number of unbranched alkanes of at least 4 members (excludes halogenated alkanes) is 1. The number of ether oxygens (including phenoxy) is 2. The fraction of sp³-hybridized carbons (Fsp3) is 0.364. The number of fused-ring (bicyclic) bond motifs is 1. The molecule has 0 saturated carbocycles. The van der Waals surface area contributed by atoms with Crippen LogP contribution in [-0.2, 0) is 10.0 Å². The molecule has 0 fully saturated rings. The first-order valence-corrected chi connectivity index (χ1v) is 12.5. The van der Waals surface area contributed by atoms with Gasteiger partial charge in [-0.15, -0.1) is 0 Å². The maximum absolute atomic E-state index is 12.8. The summed E-state index contributed by atoms with van der Waals surface area (Å²) >= 11 is 1.31. The van der Waals surface area contributed by atoms with Crippen LogP contribution >= 0.6 is 11.3 Å². The number of nitrogens with zero attached hydrogens (tertiary/aromatic N) is 2. The van der Waals surface area contributed by atoms with Crippen molar-refractivity contribution in [3.05, 3.63) is 42.0 Å². The molecule has 0 aliphatic carbocycles. The van der Waals surface area contributed by atoms with Gasteiger partial charge in [-0.1, -0.05) is 31.6 Å². The fourth-order valence-corrected chi connectivity index (χ4v) is 5.55. The molecule has 1 amide bonds. The highest BCUT2D eigenvalue weighted by Gasteiger charge is 2.23. The number of hydrogen-bond donors (Lipinski definition) is 1. The van der Waals surface area contributed by atoms with Crippen molar-refractivity contribution in [2.75, 3.05) is 32.6 Å². The molecule has 3 rings (SSSR count). The van der Waals surface area contributed by atoms with Gasteiger partial charge in [-0.25, -0.2) is 13.4 Å². The summed E-state index contributed by atoms with van der Waals surface area (Å²) in [5.74, 6) is 0.767. The number of nitrogens with one attached hydrogen (secondary N) is 1. The van der Waals surface area contributed by atoms with Crippen LogP contribution in [0.1, 0.15) is 37.0 Å². The molecule has 0 atom stereocenters. The minimum absolute atomic E-state index is 0.172. The molecule has 172 valence electrons. The van der Waals surface area contributed by atoms with E-state index in [2.05, 4.69) is 10.3 Å². The smallest absolute Gasteiger partial charge is 0.257 e. The van der Waals surface area contributed by atoms with E-state index < -0.39 is 10.0 Å². The molecule has 0 aliphatic rings. The van der Waals surface area contributed by atoms with Crippen LogP contribution in [0.15, 0.2) is 41.3 Å². The third kappa shape index (κ3) is 5.03. The Balaban J connectivity index is 1.77. The highest BCUT2D eigenvalue weighted by molar-refractivity contribution is 7.89. The zero-order valence-electron chi connectivity index (χ0n) is 18.5. The van der Waals surface area contributed by atoms with Gasteiger partial charge in [0, 0.05) is 30.8 Å². The molecule has 0 saturated heterocycles. The number of rotatable bonds is 10. The summed E-state index contributed by atoms with van der Waals surface area (Å²) in [4.78, 5) is 17.3. The van der Waals surface area contributed by atoms with Crippen LogP contribution in [0.5, 0.6) is 11.5 Å². The number of thiazole rings is 1. The lowest BCUT2D eigenvalue weighted by molar-refractivity contribution is 0.102. The van der Waals surface area contributed by atoms with Crippen molar-refractivity contribution >= 4 is 42.6 Å². The summed E-state index contributed by atoms with van der Waals surface area (Å²) in [6.45, 7) is 4.72. The summed E-state index contributed by atoms with van der Waals surface area (Å²) in [6, 6.07) is 9.50. The first kappa shape index (κ1) is 24.0. The molecular formula is C22H27N3O5S2. The van der Waals surface area contributed by atoms with E-state index in [-0.39, 0.29) is 10.8 Å². The monoisotopic (exact) mass is 477 g/mol. The van der Waals surface area contributed by atoms with E-state index in [1.165, 1.54) is 39.9 Å². The van der Waals surface area contributed by atoms with Crippen molar-refractivity contribution in [1.29, 1.82) is 0 Å². The summed E-state index contributed by atoms with van der Waals surface area (Å²) in [7, 11) is -0.484. The van der Waals surface area contributed by atoms with Gasteiger partial charge in [0.25, 0.3) is 5.91 Å². The Kier molecular flexibility index (Phi) is 7.70. The predicted octanol–water partition coefficient (Wildman–Crippen LogP) is 4.38. The molecule has 8 nitrogen and oxygen atoms in total. The minimum Gasteiger partial charge on any atom is -0.493 e. The summed E-state index contributed by atoms with van der Waals surface area (Å²) in [5, 5.41) is 3.19. The highest BCUT2D eigenvalue weighted by Crippen LogP contribution is 2.36. The zero-order valence-corrected chi connectivity index (χ0v) is 20.2. The van der Waals surface area contributed by atoms with E-state index in [4.69, 9.17) is 9.47 Å². The van der Waals surface area contributed by atoms with Gasteiger partial charge in [-0.05, 0) is 30.7 Å². The van der Waals surface area contributed by atoms with Crippen LogP contribution in [-0.4, -0.2) is 50.9 Å². The van der Waals surface area contributed by atoms with E-state index in [1.807, 2.05) is 13.8 Å². The predicted molar refractivity (Wildman–Crippen MR) is 126 cm³/mol. The largest absolute Gasteiger partial charge is 0.493 e. The third-order valence-electron chi connectivity index (χ3n) is 4.98. The molecule has 0 radical (unpaired) electrons. The second-order valence-corrected chi connectivity index (χ2v) is 9.99. The number of aromatic nitrogens is 1. The molecule has 1 aromatic heterocycles. The topological polar surface area (TPSA) is 97.8 Å². The van der Waals surface area contributed by atoms with Crippen LogP contribution in [0.2, 0.25) is 0 Å². The number of hydrogen-bond acceptors (Lipinski definition) is 7. The molecule has 10 heteroatoms. The number of carbonyl (C=O) groups is 1. The van der Waals surface area contributed by atoms with Crippen LogP contribution in [0.25, 0.3) is 10.2 Å². The van der Waals surface area contributed by atoms with Gasteiger partial charge >= 0.3 is 0 Å². The maximum atomic E-state index is 12.8. The Morgan fingerprint density at radius 3 is 2.34 bits per heavy atom. The Morgan fingerprint density at radius 1 is 1.09 bits per heavy atom. The summed E-state index contributed by atoms with van der Waals surface area (Å²) < 4.78 is 38.6. The van der Waals surface area contributed by atoms with Crippen molar-refractivity contribution in [3.8, 4) is 11.5 Å². The average Bonchev–Trinajstić information content (AvgIpc) is 3.19. The number of amides is 1. The summed E-state index contributed by atoms with van der Waals surface area (Å²) in [6.07, 6.45) is 1.71. The normalized spacial score (nSPS) is 11.7. The first-order chi connectivity index (χ1) is 15.3. The van der Waals surface area contributed by atoms with Gasteiger partial charge in [0.15, 0.2) is 16.6 Å². The van der Waals surface area contributed by atoms with E-state index in [9.17, 15) is 13.2 Å². The molecule has 0 bridgehead atoms. The van der Waals surface area contributed by atoms with Gasteiger partial charge in [-0.2, -0.15) is 4.31 Å². The Bertz CT molecular complexity index is 1150. The molecule has 0 spiro atoms. The van der Waals surface area contributed by atoms with Crippen molar-refractivity contribution in [2.24, 2.45) is 0 Å². The van der Waals surface area contributed by atoms with Crippen LogP contribution in [0, 0.1) is 0 Å². The van der Waals surface area contributed by atoms with E-state index in [0.29, 0.717) is 40.8 Å². The standard InChI is InChI=1S/C22H27N3O5S2/c1-5-7-12-25(6-2)32(27,28)16-10-8-15(9-11-16)21(26)24-22-23-17-13-18(29-3)19(30-4)14-20(17)31-22/h8-11,13-14H,5-7,12H2,1-4H3,(H,23,24,26). The molecule has 1 N–H and O–H groups in total. The van der Waals surface area contributed by atoms with Crippen LogP contribution in [0.4, 0.5) is 5.13 Å². The number of anilines is 1. The van der Waals surface area contributed by atoms with Gasteiger partial charge in [-0.3, -0.25) is 10.1 Å².